The number of hydrogen-bond donors (Lipinski definition) is 1. The van der Waals surface area contributed by atoms with Crippen LogP contribution in [0.2, 0.25) is 0 Å². The van der Waals surface area contributed by atoms with Crippen molar-refractivity contribution in [3.8, 4) is 10.4 Å². The van der Waals surface area contributed by atoms with Crippen LogP contribution in [0.25, 0.3) is 10.4 Å². The fraction of sp³-hybridized carbons (Fsp3) is 0.450. The maximum atomic E-state index is 13.6. The molecule has 6 nitrogen and oxygen atoms in total. The molecule has 1 aliphatic heterocycles. The number of aryl methyl sites for hydroxylation is 1. The molecular weight excluding hydrogens is 381 g/mol. The Hall–Kier alpha value is -2.48. The second kappa shape index (κ2) is 7.87. The number of likely N-dealkylation sites (tertiary alicyclic amines) is 1. The maximum absolute atomic E-state index is 13.6. The number of carbonyl (C=O) groups is 2. The highest BCUT2D eigenvalue weighted by Gasteiger charge is 2.36. The molecule has 0 radical (unpaired) electrons. The van der Waals surface area contributed by atoms with E-state index >= 15 is 0 Å². The molecular formula is C20H24FN3O3S. The molecule has 0 spiro atoms. The van der Waals surface area contributed by atoms with Gasteiger partial charge in [0.25, 0.3) is 5.91 Å². The summed E-state index contributed by atoms with van der Waals surface area (Å²) in [5.41, 5.74) is 5.45. The molecule has 1 aromatic carbocycles. The minimum absolute atomic E-state index is 0.0608. The topological polar surface area (TPSA) is 85.5 Å². The van der Waals surface area contributed by atoms with Crippen molar-refractivity contribution in [2.75, 3.05) is 6.54 Å². The Morgan fingerprint density at radius 2 is 2.18 bits per heavy atom. The lowest BCUT2D eigenvalue weighted by Gasteiger charge is -2.42. The predicted molar refractivity (Wildman–Crippen MR) is 106 cm³/mol. The first kappa shape index (κ1) is 20.3. The van der Waals surface area contributed by atoms with Crippen LogP contribution in [-0.4, -0.2) is 40.1 Å². The van der Waals surface area contributed by atoms with Gasteiger partial charge in [0.15, 0.2) is 0 Å². The summed E-state index contributed by atoms with van der Waals surface area (Å²) in [7, 11) is 0. The van der Waals surface area contributed by atoms with Gasteiger partial charge < -0.3 is 15.4 Å². The van der Waals surface area contributed by atoms with Crippen LogP contribution in [0.15, 0.2) is 24.3 Å². The first-order valence-corrected chi connectivity index (χ1v) is 10.0. The normalized spacial score (nSPS) is 16.6. The van der Waals surface area contributed by atoms with E-state index < -0.39 is 11.7 Å². The second-order valence-electron chi connectivity index (χ2n) is 7.58. The van der Waals surface area contributed by atoms with Crippen LogP contribution < -0.4 is 5.73 Å². The van der Waals surface area contributed by atoms with Gasteiger partial charge in [-0.1, -0.05) is 12.1 Å². The monoisotopic (exact) mass is 405 g/mol. The van der Waals surface area contributed by atoms with Gasteiger partial charge in [-0.25, -0.2) is 14.2 Å². The molecule has 28 heavy (non-hydrogen) atoms. The summed E-state index contributed by atoms with van der Waals surface area (Å²) in [6, 6.07) is 6.26. The third-order valence-corrected chi connectivity index (χ3v) is 5.90. The molecule has 1 aliphatic rings. The quantitative estimate of drug-likeness (QED) is 0.783. The summed E-state index contributed by atoms with van der Waals surface area (Å²) in [5.74, 6) is -0.492. The molecule has 2 heterocycles. The minimum Gasteiger partial charge on any atom is -0.444 e. The number of rotatable bonds is 6. The fourth-order valence-electron chi connectivity index (χ4n) is 3.38. The van der Waals surface area contributed by atoms with Crippen LogP contribution >= 0.6 is 11.3 Å². The number of halogens is 1. The molecule has 8 heteroatoms. The first-order valence-electron chi connectivity index (χ1n) is 9.19. The van der Waals surface area contributed by atoms with E-state index in [1.54, 1.807) is 30.9 Å². The van der Waals surface area contributed by atoms with E-state index in [1.807, 2.05) is 6.92 Å². The number of benzene rings is 1. The van der Waals surface area contributed by atoms with Gasteiger partial charge in [-0.15, -0.1) is 11.3 Å². The standard InChI is InChI=1S/C20H24FN3O3S/c1-12-23-16(17(28-12)13-5-4-6-14(21)11-13)18(25)24-10-8-15(24)7-9-20(2,3)27-19(22)26/h4-6,11,15H,7-10H2,1-3H3,(H2,22,26). The van der Waals surface area contributed by atoms with Crippen molar-refractivity contribution < 1.29 is 18.7 Å². The van der Waals surface area contributed by atoms with E-state index in [0.29, 0.717) is 35.5 Å². The van der Waals surface area contributed by atoms with Crippen molar-refractivity contribution in [1.82, 2.24) is 9.88 Å². The maximum Gasteiger partial charge on any atom is 0.405 e. The van der Waals surface area contributed by atoms with E-state index in [-0.39, 0.29) is 17.8 Å². The van der Waals surface area contributed by atoms with Gasteiger partial charge in [-0.3, -0.25) is 4.79 Å². The van der Waals surface area contributed by atoms with E-state index in [9.17, 15) is 14.0 Å². The summed E-state index contributed by atoms with van der Waals surface area (Å²) < 4.78 is 18.8. The number of aromatic nitrogens is 1. The molecule has 3 rings (SSSR count). The highest BCUT2D eigenvalue weighted by atomic mass is 32.1. The summed E-state index contributed by atoms with van der Waals surface area (Å²) in [5, 5.41) is 0.760. The Morgan fingerprint density at radius 1 is 1.43 bits per heavy atom. The van der Waals surface area contributed by atoms with Crippen LogP contribution in [0, 0.1) is 12.7 Å². The van der Waals surface area contributed by atoms with Crippen LogP contribution in [0.1, 0.15) is 48.6 Å². The van der Waals surface area contributed by atoms with Crippen molar-refractivity contribution in [3.05, 3.63) is 40.8 Å². The average Bonchev–Trinajstić information content (AvgIpc) is 2.94. The van der Waals surface area contributed by atoms with Gasteiger partial charge in [0, 0.05) is 12.6 Å². The zero-order valence-electron chi connectivity index (χ0n) is 16.2. The van der Waals surface area contributed by atoms with Gasteiger partial charge in [0.1, 0.15) is 17.1 Å². The number of primary amides is 1. The highest BCUT2D eigenvalue weighted by molar-refractivity contribution is 7.15. The lowest BCUT2D eigenvalue weighted by molar-refractivity contribution is 0.0154. The molecule has 1 atom stereocenters. The number of thiazole rings is 1. The van der Waals surface area contributed by atoms with Crippen LogP contribution in [0.4, 0.5) is 9.18 Å². The average molecular weight is 405 g/mol. The molecule has 0 aliphatic carbocycles. The Labute approximate surface area is 167 Å². The number of nitrogens with zero attached hydrogens (tertiary/aromatic N) is 2. The summed E-state index contributed by atoms with van der Waals surface area (Å²) >= 11 is 1.39. The lowest BCUT2D eigenvalue weighted by atomic mass is 9.91. The third kappa shape index (κ3) is 4.49. The number of carbonyl (C=O) groups excluding carboxylic acids is 2. The van der Waals surface area contributed by atoms with Crippen LogP contribution in [0.5, 0.6) is 0 Å². The Kier molecular flexibility index (Phi) is 5.69. The summed E-state index contributed by atoms with van der Waals surface area (Å²) in [6.45, 7) is 6.09. The molecule has 2 N–H and O–H groups in total. The van der Waals surface area contributed by atoms with E-state index in [1.165, 1.54) is 23.5 Å². The van der Waals surface area contributed by atoms with Gasteiger partial charge in [-0.2, -0.15) is 0 Å². The molecule has 0 bridgehead atoms. The first-order chi connectivity index (χ1) is 13.2. The van der Waals surface area contributed by atoms with E-state index in [2.05, 4.69) is 4.98 Å². The van der Waals surface area contributed by atoms with Gasteiger partial charge in [0.05, 0.1) is 9.88 Å². The highest BCUT2D eigenvalue weighted by Crippen LogP contribution is 2.34. The van der Waals surface area contributed by atoms with Crippen LogP contribution in [0.3, 0.4) is 0 Å². The molecule has 150 valence electrons. The van der Waals surface area contributed by atoms with Crippen molar-refractivity contribution in [2.45, 2.75) is 51.7 Å². The van der Waals surface area contributed by atoms with Crippen molar-refractivity contribution >= 4 is 23.3 Å². The number of amides is 2. The minimum atomic E-state index is -0.802. The van der Waals surface area contributed by atoms with Gasteiger partial charge >= 0.3 is 6.09 Å². The fourth-order valence-corrected chi connectivity index (χ4v) is 4.29. The van der Waals surface area contributed by atoms with Gasteiger partial charge in [-0.05, 0) is 57.7 Å². The SMILES string of the molecule is Cc1nc(C(=O)N2CCC2CCC(C)(C)OC(N)=O)c(-c2cccc(F)c2)s1. The zero-order valence-corrected chi connectivity index (χ0v) is 17.0. The van der Waals surface area contributed by atoms with Gasteiger partial charge in [0.2, 0.25) is 0 Å². The Morgan fingerprint density at radius 3 is 2.79 bits per heavy atom. The van der Waals surface area contributed by atoms with Crippen LogP contribution in [-0.2, 0) is 4.74 Å². The Balaban J connectivity index is 1.73. The molecule has 1 saturated heterocycles. The third-order valence-electron chi connectivity index (χ3n) is 4.88. The van der Waals surface area contributed by atoms with E-state index in [4.69, 9.17) is 10.5 Å². The van der Waals surface area contributed by atoms with Crippen molar-refractivity contribution in [1.29, 1.82) is 0 Å². The van der Waals surface area contributed by atoms with Crippen molar-refractivity contribution in [3.63, 3.8) is 0 Å². The zero-order chi connectivity index (χ0) is 20.5. The molecule has 2 aromatic rings. The number of ether oxygens (including phenoxy) is 1. The summed E-state index contributed by atoms with van der Waals surface area (Å²) in [6.07, 6.45) is 1.38. The van der Waals surface area contributed by atoms with Crippen molar-refractivity contribution in [2.24, 2.45) is 5.73 Å². The largest absolute Gasteiger partial charge is 0.444 e. The van der Waals surface area contributed by atoms with E-state index in [0.717, 1.165) is 11.4 Å². The predicted octanol–water partition coefficient (Wildman–Crippen LogP) is 4.13. The second-order valence-corrected chi connectivity index (χ2v) is 8.78. The molecule has 1 unspecified atom stereocenters. The molecule has 1 aromatic heterocycles. The smallest absolute Gasteiger partial charge is 0.405 e. The summed E-state index contributed by atoms with van der Waals surface area (Å²) in [4.78, 5) is 31.0. The molecule has 1 fully saturated rings. The Bertz CT molecular complexity index is 897. The molecule has 2 amide bonds. The number of nitrogens with two attached hydrogens (primary N) is 1. The lowest BCUT2D eigenvalue weighted by Crippen LogP contribution is -2.52. The number of hydrogen-bond acceptors (Lipinski definition) is 5. The molecule has 0 saturated carbocycles.